The number of hydrogen-bond donors (Lipinski definition) is 2. The molecule has 3 rings (SSSR count). The maximum Gasteiger partial charge on any atom is 0.109 e. The van der Waals surface area contributed by atoms with Gasteiger partial charge in [0.15, 0.2) is 0 Å². The number of benzene rings is 1. The molecule has 4 heteroatoms. The van der Waals surface area contributed by atoms with Crippen LogP contribution >= 0.6 is 0 Å². The summed E-state index contributed by atoms with van der Waals surface area (Å²) in [6, 6.07) is 8.09. The molecule has 1 saturated heterocycles. The zero-order chi connectivity index (χ0) is 10.8. The van der Waals surface area contributed by atoms with Gasteiger partial charge in [0.2, 0.25) is 0 Å². The van der Waals surface area contributed by atoms with Gasteiger partial charge in [-0.2, -0.15) is 0 Å². The molecule has 1 aliphatic rings. The Morgan fingerprint density at radius 2 is 2.31 bits per heavy atom. The number of ether oxygens (including phenoxy) is 1. The first-order chi connectivity index (χ1) is 7.92. The van der Waals surface area contributed by atoms with Gasteiger partial charge in [-0.25, -0.2) is 4.98 Å². The molecule has 2 heterocycles. The molecule has 1 atom stereocenters. The van der Waals surface area contributed by atoms with E-state index < -0.39 is 0 Å². The lowest BCUT2D eigenvalue weighted by molar-refractivity contribution is 0.0282. The summed E-state index contributed by atoms with van der Waals surface area (Å²) in [5.41, 5.74) is 2.13. The molecule has 1 aliphatic heterocycles. The molecule has 1 fully saturated rings. The van der Waals surface area contributed by atoms with Crippen molar-refractivity contribution in [2.75, 3.05) is 19.7 Å². The number of rotatable bonds is 2. The molecule has 0 aliphatic carbocycles. The third-order valence-electron chi connectivity index (χ3n) is 2.86. The Hall–Kier alpha value is -1.39. The van der Waals surface area contributed by atoms with Crippen molar-refractivity contribution in [2.24, 2.45) is 0 Å². The van der Waals surface area contributed by atoms with E-state index in [1.54, 1.807) is 0 Å². The van der Waals surface area contributed by atoms with Crippen LogP contribution in [-0.4, -0.2) is 35.8 Å². The molecule has 1 aromatic heterocycles. The van der Waals surface area contributed by atoms with Crippen LogP contribution in [0.3, 0.4) is 0 Å². The van der Waals surface area contributed by atoms with E-state index in [2.05, 4.69) is 15.3 Å². The molecule has 1 unspecified atom stereocenters. The number of aromatic nitrogens is 2. The van der Waals surface area contributed by atoms with Crippen molar-refractivity contribution >= 4 is 11.0 Å². The van der Waals surface area contributed by atoms with Crippen LogP contribution in [0.1, 0.15) is 5.82 Å². The standard InChI is InChI=1S/C12H15N3O/c1-2-4-11-10(3-1)14-12(15-11)7-9-8-13-5-6-16-9/h1-4,9,13H,5-8H2,(H,14,15). The highest BCUT2D eigenvalue weighted by Crippen LogP contribution is 2.12. The molecular weight excluding hydrogens is 202 g/mol. The van der Waals surface area contributed by atoms with Gasteiger partial charge in [-0.05, 0) is 12.1 Å². The average molecular weight is 217 g/mol. The van der Waals surface area contributed by atoms with E-state index >= 15 is 0 Å². The number of aromatic amines is 1. The maximum absolute atomic E-state index is 5.66. The first kappa shape index (κ1) is 9.81. The second-order valence-corrected chi connectivity index (χ2v) is 4.10. The van der Waals surface area contributed by atoms with Crippen LogP contribution in [0, 0.1) is 0 Å². The minimum absolute atomic E-state index is 0.245. The molecule has 0 spiro atoms. The van der Waals surface area contributed by atoms with Crippen LogP contribution in [0.5, 0.6) is 0 Å². The lowest BCUT2D eigenvalue weighted by Crippen LogP contribution is -2.39. The van der Waals surface area contributed by atoms with E-state index in [9.17, 15) is 0 Å². The molecule has 2 N–H and O–H groups in total. The highest BCUT2D eigenvalue weighted by atomic mass is 16.5. The summed E-state index contributed by atoms with van der Waals surface area (Å²) >= 11 is 0. The van der Waals surface area contributed by atoms with Crippen LogP contribution in [-0.2, 0) is 11.2 Å². The number of hydrogen-bond acceptors (Lipinski definition) is 3. The Kier molecular flexibility index (Phi) is 2.60. The first-order valence-corrected chi connectivity index (χ1v) is 5.68. The molecule has 2 aromatic rings. The van der Waals surface area contributed by atoms with E-state index in [0.717, 1.165) is 43.0 Å². The summed E-state index contributed by atoms with van der Waals surface area (Å²) in [4.78, 5) is 7.87. The topological polar surface area (TPSA) is 49.9 Å². The Morgan fingerprint density at radius 1 is 1.38 bits per heavy atom. The highest BCUT2D eigenvalue weighted by Gasteiger charge is 2.15. The normalized spacial score (nSPS) is 21.4. The van der Waals surface area contributed by atoms with Crippen LogP contribution < -0.4 is 5.32 Å². The smallest absolute Gasteiger partial charge is 0.109 e. The summed E-state index contributed by atoms with van der Waals surface area (Å²) in [5, 5.41) is 3.32. The molecule has 84 valence electrons. The fourth-order valence-electron chi connectivity index (χ4n) is 2.07. The van der Waals surface area contributed by atoms with Gasteiger partial charge in [0.05, 0.1) is 23.7 Å². The van der Waals surface area contributed by atoms with Gasteiger partial charge >= 0.3 is 0 Å². The largest absolute Gasteiger partial charge is 0.375 e. The molecule has 0 amide bonds. The Balaban J connectivity index is 1.78. The second kappa shape index (κ2) is 4.23. The number of nitrogens with one attached hydrogen (secondary N) is 2. The number of nitrogens with zero attached hydrogens (tertiary/aromatic N) is 1. The quantitative estimate of drug-likeness (QED) is 0.791. The molecule has 0 radical (unpaired) electrons. The predicted octanol–water partition coefficient (Wildman–Crippen LogP) is 1.09. The van der Waals surface area contributed by atoms with Crippen molar-refractivity contribution < 1.29 is 4.74 Å². The zero-order valence-electron chi connectivity index (χ0n) is 9.07. The summed E-state index contributed by atoms with van der Waals surface area (Å²) in [6.07, 6.45) is 1.09. The third kappa shape index (κ3) is 1.94. The Morgan fingerprint density at radius 3 is 3.12 bits per heavy atom. The minimum Gasteiger partial charge on any atom is -0.375 e. The molecular formula is C12H15N3O. The van der Waals surface area contributed by atoms with E-state index in [1.165, 1.54) is 0 Å². The lowest BCUT2D eigenvalue weighted by Gasteiger charge is -2.22. The summed E-state index contributed by atoms with van der Waals surface area (Å²) in [6.45, 7) is 2.67. The fraction of sp³-hybridized carbons (Fsp3) is 0.417. The Labute approximate surface area is 94.0 Å². The molecule has 1 aromatic carbocycles. The second-order valence-electron chi connectivity index (χ2n) is 4.10. The maximum atomic E-state index is 5.66. The number of fused-ring (bicyclic) bond motifs is 1. The van der Waals surface area contributed by atoms with E-state index in [-0.39, 0.29) is 6.10 Å². The van der Waals surface area contributed by atoms with Gasteiger partial charge in [-0.3, -0.25) is 0 Å². The number of imidazole rings is 1. The van der Waals surface area contributed by atoms with E-state index in [4.69, 9.17) is 4.74 Å². The number of H-pyrrole nitrogens is 1. The summed E-state index contributed by atoms with van der Waals surface area (Å²) in [7, 11) is 0. The number of para-hydroxylation sites is 2. The first-order valence-electron chi connectivity index (χ1n) is 5.68. The van der Waals surface area contributed by atoms with Crippen LogP contribution in [0.25, 0.3) is 11.0 Å². The molecule has 16 heavy (non-hydrogen) atoms. The van der Waals surface area contributed by atoms with Crippen molar-refractivity contribution in [2.45, 2.75) is 12.5 Å². The molecule has 4 nitrogen and oxygen atoms in total. The predicted molar refractivity (Wildman–Crippen MR) is 62.4 cm³/mol. The van der Waals surface area contributed by atoms with E-state index in [1.807, 2.05) is 24.3 Å². The minimum atomic E-state index is 0.245. The van der Waals surface area contributed by atoms with E-state index in [0.29, 0.717) is 0 Å². The van der Waals surface area contributed by atoms with Gasteiger partial charge in [0.25, 0.3) is 0 Å². The van der Waals surface area contributed by atoms with Crippen LogP contribution in [0.15, 0.2) is 24.3 Å². The number of morpholine rings is 1. The van der Waals surface area contributed by atoms with Gasteiger partial charge in [0, 0.05) is 19.5 Å². The summed E-state index contributed by atoms with van der Waals surface area (Å²) in [5.74, 6) is 1.01. The van der Waals surface area contributed by atoms with Crippen molar-refractivity contribution in [3.05, 3.63) is 30.1 Å². The summed E-state index contributed by atoms with van der Waals surface area (Å²) < 4.78 is 5.66. The van der Waals surface area contributed by atoms with Crippen molar-refractivity contribution in [1.29, 1.82) is 0 Å². The highest BCUT2D eigenvalue weighted by molar-refractivity contribution is 5.74. The van der Waals surface area contributed by atoms with Gasteiger partial charge in [-0.1, -0.05) is 12.1 Å². The Bertz CT molecular complexity index is 441. The molecule has 0 bridgehead atoms. The van der Waals surface area contributed by atoms with Crippen molar-refractivity contribution in [3.63, 3.8) is 0 Å². The molecule has 0 saturated carbocycles. The van der Waals surface area contributed by atoms with Crippen LogP contribution in [0.4, 0.5) is 0 Å². The van der Waals surface area contributed by atoms with Crippen molar-refractivity contribution in [3.8, 4) is 0 Å². The third-order valence-corrected chi connectivity index (χ3v) is 2.86. The van der Waals surface area contributed by atoms with Crippen molar-refractivity contribution in [1.82, 2.24) is 15.3 Å². The monoisotopic (exact) mass is 217 g/mol. The lowest BCUT2D eigenvalue weighted by atomic mass is 10.2. The zero-order valence-corrected chi connectivity index (χ0v) is 9.07. The fourth-order valence-corrected chi connectivity index (χ4v) is 2.07. The average Bonchev–Trinajstić information content (AvgIpc) is 2.72. The van der Waals surface area contributed by atoms with Gasteiger partial charge in [-0.15, -0.1) is 0 Å². The SMILES string of the molecule is c1ccc2[nH]c(CC3CNCCO3)nc2c1. The van der Waals surface area contributed by atoms with Gasteiger partial charge < -0.3 is 15.0 Å². The van der Waals surface area contributed by atoms with Gasteiger partial charge in [0.1, 0.15) is 5.82 Å². The van der Waals surface area contributed by atoms with Crippen LogP contribution in [0.2, 0.25) is 0 Å².